The van der Waals surface area contributed by atoms with Crippen molar-refractivity contribution in [3.63, 3.8) is 0 Å². The first kappa shape index (κ1) is 12.8. The molecule has 1 aliphatic heterocycles. The molecule has 2 rings (SSSR count). The monoisotopic (exact) mass is 244 g/mol. The average molecular weight is 244 g/mol. The number of rotatable bonds is 2. The molecule has 0 bridgehead atoms. The number of likely N-dealkylation sites (N-methyl/N-ethyl adjacent to an activating group) is 1. The van der Waals surface area contributed by atoms with E-state index < -0.39 is 0 Å². The van der Waals surface area contributed by atoms with E-state index in [-0.39, 0.29) is 5.91 Å². The Hall–Kier alpha value is -1.61. The molecule has 1 aliphatic rings. The molecule has 1 amide bonds. The van der Waals surface area contributed by atoms with Crippen molar-refractivity contribution in [2.24, 2.45) is 0 Å². The summed E-state index contributed by atoms with van der Waals surface area (Å²) in [5.41, 5.74) is 2.31. The summed E-state index contributed by atoms with van der Waals surface area (Å²) < 4.78 is 0. The van der Waals surface area contributed by atoms with Crippen LogP contribution in [0.2, 0.25) is 0 Å². The van der Waals surface area contributed by atoms with E-state index in [1.807, 2.05) is 29.2 Å². The van der Waals surface area contributed by atoms with Gasteiger partial charge >= 0.3 is 0 Å². The smallest absolute Gasteiger partial charge is 0.246 e. The van der Waals surface area contributed by atoms with Crippen LogP contribution in [0.25, 0.3) is 6.08 Å². The molecule has 1 saturated heterocycles. The molecule has 0 N–H and O–H groups in total. The van der Waals surface area contributed by atoms with Crippen molar-refractivity contribution in [3.05, 3.63) is 41.5 Å². The molecule has 0 aromatic heterocycles. The van der Waals surface area contributed by atoms with E-state index in [0.29, 0.717) is 0 Å². The topological polar surface area (TPSA) is 23.6 Å². The minimum atomic E-state index is 0.117. The summed E-state index contributed by atoms with van der Waals surface area (Å²) in [5, 5.41) is 0. The lowest BCUT2D eigenvalue weighted by Crippen LogP contribution is -2.46. The molecule has 0 unspecified atom stereocenters. The maximum absolute atomic E-state index is 12.0. The fourth-order valence-corrected chi connectivity index (χ4v) is 2.07. The summed E-state index contributed by atoms with van der Waals surface area (Å²) in [4.78, 5) is 16.2. The molecule has 3 nitrogen and oxygen atoms in total. The number of carbonyl (C=O) groups excluding carboxylic acids is 1. The standard InChI is InChI=1S/C15H20N2O/c1-13-5-3-4-6-14(13)7-8-15(18)17-11-9-16(2)10-12-17/h3-8H,9-12H2,1-2H3/b8-7+. The van der Waals surface area contributed by atoms with Gasteiger partial charge < -0.3 is 9.80 Å². The SMILES string of the molecule is Cc1ccccc1/C=C/C(=O)N1CCN(C)CC1. The highest BCUT2D eigenvalue weighted by Gasteiger charge is 2.16. The highest BCUT2D eigenvalue weighted by molar-refractivity contribution is 5.92. The van der Waals surface area contributed by atoms with E-state index in [9.17, 15) is 4.79 Å². The molecule has 1 fully saturated rings. The predicted octanol–water partition coefficient (Wildman–Crippen LogP) is 1.78. The van der Waals surface area contributed by atoms with Gasteiger partial charge in [0.15, 0.2) is 0 Å². The first-order chi connectivity index (χ1) is 8.66. The number of carbonyl (C=O) groups is 1. The summed E-state index contributed by atoms with van der Waals surface area (Å²) in [6.45, 7) is 5.63. The maximum Gasteiger partial charge on any atom is 0.246 e. The van der Waals surface area contributed by atoms with Gasteiger partial charge in [0.25, 0.3) is 0 Å². The lowest BCUT2D eigenvalue weighted by Gasteiger charge is -2.31. The molecule has 18 heavy (non-hydrogen) atoms. The molecule has 1 aromatic carbocycles. The molecule has 96 valence electrons. The van der Waals surface area contributed by atoms with Crippen molar-refractivity contribution in [1.82, 2.24) is 9.80 Å². The van der Waals surface area contributed by atoms with E-state index in [1.165, 1.54) is 5.56 Å². The quantitative estimate of drug-likeness (QED) is 0.740. The molecule has 1 aromatic rings. The van der Waals surface area contributed by atoms with Crippen molar-refractivity contribution in [2.75, 3.05) is 33.2 Å². The Balaban J connectivity index is 1.97. The number of nitrogens with zero attached hydrogens (tertiary/aromatic N) is 2. The Labute approximate surface area is 109 Å². The number of hydrogen-bond donors (Lipinski definition) is 0. The van der Waals surface area contributed by atoms with E-state index >= 15 is 0 Å². The van der Waals surface area contributed by atoms with E-state index in [1.54, 1.807) is 6.08 Å². The van der Waals surface area contributed by atoms with Gasteiger partial charge in [0.05, 0.1) is 0 Å². The molecule has 1 heterocycles. The fourth-order valence-electron chi connectivity index (χ4n) is 2.07. The zero-order valence-corrected chi connectivity index (χ0v) is 11.1. The van der Waals surface area contributed by atoms with Gasteiger partial charge in [0.2, 0.25) is 5.91 Å². The van der Waals surface area contributed by atoms with Gasteiger partial charge in [-0.1, -0.05) is 24.3 Å². The van der Waals surface area contributed by atoms with Crippen LogP contribution in [0.4, 0.5) is 0 Å². The van der Waals surface area contributed by atoms with Gasteiger partial charge in [-0.25, -0.2) is 0 Å². The van der Waals surface area contributed by atoms with Crippen LogP contribution in [0.1, 0.15) is 11.1 Å². The van der Waals surface area contributed by atoms with Crippen LogP contribution in [0.5, 0.6) is 0 Å². The maximum atomic E-state index is 12.0. The third-order valence-corrected chi connectivity index (χ3v) is 3.41. The first-order valence-electron chi connectivity index (χ1n) is 6.38. The van der Waals surface area contributed by atoms with Crippen LogP contribution in [0, 0.1) is 6.92 Å². The van der Waals surface area contributed by atoms with Crippen LogP contribution < -0.4 is 0 Å². The summed E-state index contributed by atoms with van der Waals surface area (Å²) in [6, 6.07) is 8.09. The molecule has 0 aliphatic carbocycles. The van der Waals surface area contributed by atoms with Gasteiger partial charge in [-0.3, -0.25) is 4.79 Å². The Bertz CT molecular complexity index is 446. The van der Waals surface area contributed by atoms with E-state index in [2.05, 4.69) is 24.9 Å². The molecule has 0 saturated carbocycles. The largest absolute Gasteiger partial charge is 0.337 e. The minimum Gasteiger partial charge on any atom is -0.337 e. The number of benzene rings is 1. The van der Waals surface area contributed by atoms with Crippen LogP contribution in [-0.4, -0.2) is 48.9 Å². The van der Waals surface area contributed by atoms with Gasteiger partial charge in [0.1, 0.15) is 0 Å². The van der Waals surface area contributed by atoms with Crippen molar-refractivity contribution in [1.29, 1.82) is 0 Å². The molecule has 0 spiro atoms. The van der Waals surface area contributed by atoms with E-state index in [4.69, 9.17) is 0 Å². The first-order valence-corrected chi connectivity index (χ1v) is 6.38. The van der Waals surface area contributed by atoms with Crippen LogP contribution in [0.3, 0.4) is 0 Å². The Morgan fingerprint density at radius 1 is 1.17 bits per heavy atom. The predicted molar refractivity (Wildman–Crippen MR) is 74.3 cm³/mol. The molecule has 3 heteroatoms. The third kappa shape index (κ3) is 3.20. The number of aryl methyl sites for hydroxylation is 1. The molecular weight excluding hydrogens is 224 g/mol. The molecule has 0 radical (unpaired) electrons. The average Bonchev–Trinajstić information content (AvgIpc) is 2.38. The van der Waals surface area contributed by atoms with Gasteiger partial charge in [-0.2, -0.15) is 0 Å². The Kier molecular flexibility index (Phi) is 4.15. The van der Waals surface area contributed by atoms with Crippen molar-refractivity contribution >= 4 is 12.0 Å². The second kappa shape index (κ2) is 5.83. The van der Waals surface area contributed by atoms with Crippen molar-refractivity contribution in [2.45, 2.75) is 6.92 Å². The summed E-state index contributed by atoms with van der Waals surface area (Å²) >= 11 is 0. The normalized spacial score (nSPS) is 17.3. The van der Waals surface area contributed by atoms with E-state index in [0.717, 1.165) is 31.7 Å². The summed E-state index contributed by atoms with van der Waals surface area (Å²) in [7, 11) is 2.09. The van der Waals surface area contributed by atoms with Crippen molar-refractivity contribution in [3.8, 4) is 0 Å². The highest BCUT2D eigenvalue weighted by atomic mass is 16.2. The van der Waals surface area contributed by atoms with Crippen molar-refractivity contribution < 1.29 is 4.79 Å². The lowest BCUT2D eigenvalue weighted by atomic mass is 10.1. The molecule has 0 atom stereocenters. The zero-order chi connectivity index (χ0) is 13.0. The number of piperazine rings is 1. The van der Waals surface area contributed by atoms with Gasteiger partial charge in [0, 0.05) is 32.3 Å². The lowest BCUT2D eigenvalue weighted by molar-refractivity contribution is -0.127. The third-order valence-electron chi connectivity index (χ3n) is 3.41. The number of amides is 1. The van der Waals surface area contributed by atoms with Gasteiger partial charge in [-0.05, 0) is 31.2 Å². The summed E-state index contributed by atoms with van der Waals surface area (Å²) in [5.74, 6) is 0.117. The number of hydrogen-bond acceptors (Lipinski definition) is 2. The second-order valence-corrected chi connectivity index (χ2v) is 4.82. The van der Waals surface area contributed by atoms with Gasteiger partial charge in [-0.15, -0.1) is 0 Å². The zero-order valence-electron chi connectivity index (χ0n) is 11.1. The molecular formula is C15H20N2O. The van der Waals surface area contributed by atoms with Crippen LogP contribution in [0.15, 0.2) is 30.3 Å². The second-order valence-electron chi connectivity index (χ2n) is 4.82. The van der Waals surface area contributed by atoms with Crippen LogP contribution >= 0.6 is 0 Å². The Morgan fingerprint density at radius 2 is 1.83 bits per heavy atom. The fraction of sp³-hybridized carbons (Fsp3) is 0.400. The summed E-state index contributed by atoms with van der Waals surface area (Å²) in [6.07, 6.45) is 3.60. The van der Waals surface area contributed by atoms with Crippen LogP contribution in [-0.2, 0) is 4.79 Å². The highest BCUT2D eigenvalue weighted by Crippen LogP contribution is 2.09. The Morgan fingerprint density at radius 3 is 2.50 bits per heavy atom. The minimum absolute atomic E-state index is 0.117.